The van der Waals surface area contributed by atoms with E-state index in [-0.39, 0.29) is 6.04 Å². The van der Waals surface area contributed by atoms with Gasteiger partial charge in [0, 0.05) is 6.04 Å². The van der Waals surface area contributed by atoms with E-state index in [1.165, 1.54) is 5.56 Å². The van der Waals surface area contributed by atoms with Gasteiger partial charge < -0.3 is 14.5 Å². The summed E-state index contributed by atoms with van der Waals surface area (Å²) >= 11 is 0. The van der Waals surface area contributed by atoms with Gasteiger partial charge in [-0.05, 0) is 37.1 Å². The van der Waals surface area contributed by atoms with E-state index in [4.69, 9.17) is 9.15 Å². The number of ether oxygens (including phenoxy) is 1. The van der Waals surface area contributed by atoms with Gasteiger partial charge in [-0.3, -0.25) is 0 Å². The number of hydrogen-bond donors (Lipinski definition) is 1. The number of oxazole rings is 1. The molecule has 0 aliphatic rings. The summed E-state index contributed by atoms with van der Waals surface area (Å²) in [6.07, 6.45) is 1.74. The van der Waals surface area contributed by atoms with Gasteiger partial charge in [0.1, 0.15) is 18.1 Å². The molecule has 24 heavy (non-hydrogen) atoms. The Kier molecular flexibility index (Phi) is 5.29. The molecule has 3 rings (SSSR count). The monoisotopic (exact) mass is 322 g/mol. The van der Waals surface area contributed by atoms with Crippen LogP contribution in [0.25, 0.3) is 0 Å². The van der Waals surface area contributed by atoms with Gasteiger partial charge in [0.25, 0.3) is 0 Å². The normalized spacial score (nSPS) is 12.1. The van der Waals surface area contributed by atoms with Crippen LogP contribution in [-0.2, 0) is 13.2 Å². The van der Waals surface area contributed by atoms with Gasteiger partial charge >= 0.3 is 0 Å². The number of aromatic nitrogens is 1. The van der Waals surface area contributed by atoms with Crippen LogP contribution >= 0.6 is 0 Å². The van der Waals surface area contributed by atoms with Crippen molar-refractivity contribution in [2.75, 3.05) is 0 Å². The van der Waals surface area contributed by atoms with E-state index in [9.17, 15) is 0 Å². The average molecular weight is 322 g/mol. The molecule has 4 nitrogen and oxygen atoms in total. The average Bonchev–Trinajstić information content (AvgIpc) is 3.04. The van der Waals surface area contributed by atoms with E-state index in [0.717, 1.165) is 17.1 Å². The number of nitrogens with one attached hydrogen (secondary N) is 1. The molecular formula is C20H22N2O2. The van der Waals surface area contributed by atoms with Crippen molar-refractivity contribution in [3.63, 3.8) is 0 Å². The fourth-order valence-electron chi connectivity index (χ4n) is 2.44. The highest BCUT2D eigenvalue weighted by Crippen LogP contribution is 2.19. The van der Waals surface area contributed by atoms with E-state index in [1.807, 2.05) is 37.3 Å². The van der Waals surface area contributed by atoms with Gasteiger partial charge in [0.15, 0.2) is 0 Å². The first-order valence-corrected chi connectivity index (χ1v) is 8.12. The van der Waals surface area contributed by atoms with Crippen LogP contribution < -0.4 is 10.1 Å². The molecule has 2 aromatic carbocycles. The molecule has 0 saturated carbocycles. The van der Waals surface area contributed by atoms with Gasteiger partial charge in [-0.15, -0.1) is 0 Å². The predicted octanol–water partition coefficient (Wildman–Crippen LogP) is 4.41. The van der Waals surface area contributed by atoms with Crippen LogP contribution in [0.1, 0.15) is 35.7 Å². The van der Waals surface area contributed by atoms with Crippen LogP contribution in [0.3, 0.4) is 0 Å². The van der Waals surface area contributed by atoms with Crippen LogP contribution in [0.15, 0.2) is 65.2 Å². The molecule has 0 fully saturated rings. The lowest BCUT2D eigenvalue weighted by atomic mass is 10.1. The molecule has 0 saturated heterocycles. The van der Waals surface area contributed by atoms with Crippen LogP contribution in [-0.4, -0.2) is 4.98 Å². The van der Waals surface area contributed by atoms with Crippen molar-refractivity contribution >= 4 is 0 Å². The van der Waals surface area contributed by atoms with Crippen molar-refractivity contribution in [3.05, 3.63) is 83.6 Å². The van der Waals surface area contributed by atoms with Crippen LogP contribution in [0, 0.1) is 6.92 Å². The van der Waals surface area contributed by atoms with Crippen molar-refractivity contribution in [2.24, 2.45) is 0 Å². The second kappa shape index (κ2) is 7.79. The third-order valence-electron chi connectivity index (χ3n) is 3.86. The Morgan fingerprint density at radius 3 is 2.50 bits per heavy atom. The van der Waals surface area contributed by atoms with E-state index in [2.05, 4.69) is 41.5 Å². The predicted molar refractivity (Wildman–Crippen MR) is 93.7 cm³/mol. The molecule has 1 atom stereocenters. The molecule has 3 aromatic rings. The third kappa shape index (κ3) is 4.46. The Labute approximate surface area is 142 Å². The molecular weight excluding hydrogens is 300 g/mol. The number of aryl methyl sites for hydroxylation is 1. The van der Waals surface area contributed by atoms with Crippen LogP contribution in [0.5, 0.6) is 5.75 Å². The fraction of sp³-hybridized carbons (Fsp3) is 0.250. The number of benzene rings is 2. The number of hydrogen-bond acceptors (Lipinski definition) is 4. The number of nitrogens with zero attached hydrogens (tertiary/aromatic N) is 1. The zero-order valence-corrected chi connectivity index (χ0v) is 14.0. The molecule has 1 heterocycles. The van der Waals surface area contributed by atoms with Gasteiger partial charge in [-0.1, -0.05) is 42.5 Å². The SMILES string of the molecule is Cc1cnc(CNC(C)c2ccc(OCc3ccccc3)cc2)o1. The van der Waals surface area contributed by atoms with E-state index in [0.29, 0.717) is 19.0 Å². The summed E-state index contributed by atoms with van der Waals surface area (Å²) in [7, 11) is 0. The first-order valence-electron chi connectivity index (χ1n) is 8.12. The molecule has 0 radical (unpaired) electrons. The highest BCUT2D eigenvalue weighted by molar-refractivity contribution is 5.29. The lowest BCUT2D eigenvalue weighted by molar-refractivity contribution is 0.306. The lowest BCUT2D eigenvalue weighted by Crippen LogP contribution is -2.18. The summed E-state index contributed by atoms with van der Waals surface area (Å²) in [5.74, 6) is 2.42. The largest absolute Gasteiger partial charge is 0.489 e. The minimum Gasteiger partial charge on any atom is -0.489 e. The van der Waals surface area contributed by atoms with Gasteiger partial charge in [-0.2, -0.15) is 0 Å². The maximum atomic E-state index is 5.81. The van der Waals surface area contributed by atoms with Crippen molar-refractivity contribution in [1.82, 2.24) is 10.3 Å². The zero-order chi connectivity index (χ0) is 16.8. The van der Waals surface area contributed by atoms with E-state index >= 15 is 0 Å². The first kappa shape index (κ1) is 16.3. The summed E-state index contributed by atoms with van der Waals surface area (Å²) in [5.41, 5.74) is 2.36. The fourth-order valence-corrected chi connectivity index (χ4v) is 2.44. The lowest BCUT2D eigenvalue weighted by Gasteiger charge is -2.14. The summed E-state index contributed by atoms with van der Waals surface area (Å²) in [5, 5.41) is 3.41. The second-order valence-electron chi connectivity index (χ2n) is 5.81. The first-order chi connectivity index (χ1) is 11.7. The van der Waals surface area contributed by atoms with Crippen molar-refractivity contribution < 1.29 is 9.15 Å². The van der Waals surface area contributed by atoms with Crippen molar-refractivity contribution in [2.45, 2.75) is 33.0 Å². The van der Waals surface area contributed by atoms with Crippen LogP contribution in [0.4, 0.5) is 0 Å². The molecule has 4 heteroatoms. The molecule has 0 aliphatic heterocycles. The van der Waals surface area contributed by atoms with Crippen molar-refractivity contribution in [3.8, 4) is 5.75 Å². The van der Waals surface area contributed by atoms with Gasteiger partial charge in [0.05, 0.1) is 12.7 Å². The Morgan fingerprint density at radius 2 is 1.83 bits per heavy atom. The molecule has 1 aromatic heterocycles. The highest BCUT2D eigenvalue weighted by Gasteiger charge is 2.07. The molecule has 1 unspecified atom stereocenters. The van der Waals surface area contributed by atoms with Crippen molar-refractivity contribution in [1.29, 1.82) is 0 Å². The van der Waals surface area contributed by atoms with E-state index < -0.39 is 0 Å². The minimum atomic E-state index is 0.209. The summed E-state index contributed by atoms with van der Waals surface area (Å²) in [6, 6.07) is 18.5. The highest BCUT2D eigenvalue weighted by atomic mass is 16.5. The number of rotatable bonds is 7. The zero-order valence-electron chi connectivity index (χ0n) is 14.0. The summed E-state index contributed by atoms with van der Waals surface area (Å²) in [4.78, 5) is 4.20. The molecule has 0 aliphatic carbocycles. The van der Waals surface area contributed by atoms with Gasteiger partial charge in [-0.25, -0.2) is 4.98 Å². The minimum absolute atomic E-state index is 0.209. The van der Waals surface area contributed by atoms with Gasteiger partial charge in [0.2, 0.25) is 5.89 Å². The second-order valence-corrected chi connectivity index (χ2v) is 5.81. The molecule has 0 amide bonds. The molecule has 1 N–H and O–H groups in total. The standard InChI is InChI=1S/C20H22N2O2/c1-15-12-22-20(24-15)13-21-16(2)18-8-10-19(11-9-18)23-14-17-6-4-3-5-7-17/h3-12,16,21H,13-14H2,1-2H3. The smallest absolute Gasteiger partial charge is 0.208 e. The van der Waals surface area contributed by atoms with E-state index in [1.54, 1.807) is 6.20 Å². The Bertz CT molecular complexity index is 751. The quantitative estimate of drug-likeness (QED) is 0.700. The topological polar surface area (TPSA) is 47.3 Å². The summed E-state index contributed by atoms with van der Waals surface area (Å²) in [6.45, 7) is 5.21. The molecule has 124 valence electrons. The third-order valence-corrected chi connectivity index (χ3v) is 3.86. The molecule has 0 spiro atoms. The summed E-state index contributed by atoms with van der Waals surface area (Å²) < 4.78 is 11.3. The van der Waals surface area contributed by atoms with Crippen LogP contribution in [0.2, 0.25) is 0 Å². The molecule has 0 bridgehead atoms. The maximum Gasteiger partial charge on any atom is 0.208 e. The Balaban J connectivity index is 1.51. The maximum absolute atomic E-state index is 5.81. The Hall–Kier alpha value is -2.59. The Morgan fingerprint density at radius 1 is 1.08 bits per heavy atom.